The summed E-state index contributed by atoms with van der Waals surface area (Å²) in [6.07, 6.45) is 0.890. The molecule has 1 N–H and O–H groups in total. The van der Waals surface area contributed by atoms with Crippen molar-refractivity contribution in [3.05, 3.63) is 16.4 Å². The summed E-state index contributed by atoms with van der Waals surface area (Å²) < 4.78 is 1.93. The Hall–Kier alpha value is -0.580. The lowest BCUT2D eigenvalue weighted by Gasteiger charge is -2.36. The predicted molar refractivity (Wildman–Crippen MR) is 74.9 cm³/mol. The van der Waals surface area contributed by atoms with Gasteiger partial charge in [-0.05, 0) is 20.3 Å². The Morgan fingerprint density at radius 2 is 1.94 bits per heavy atom. The van der Waals surface area contributed by atoms with Crippen LogP contribution in [0.15, 0.2) is 0 Å². The van der Waals surface area contributed by atoms with Crippen molar-refractivity contribution >= 4 is 11.6 Å². The summed E-state index contributed by atoms with van der Waals surface area (Å²) in [5.41, 5.74) is 2.14. The average molecular weight is 271 g/mol. The molecule has 2 rings (SSSR count). The summed E-state index contributed by atoms with van der Waals surface area (Å²) in [6.45, 7) is 9.56. The van der Waals surface area contributed by atoms with Crippen molar-refractivity contribution in [3.63, 3.8) is 0 Å². The lowest BCUT2D eigenvalue weighted by molar-refractivity contribution is 0.163. The molecule has 0 aliphatic carbocycles. The van der Waals surface area contributed by atoms with Gasteiger partial charge in [-0.15, -0.1) is 0 Å². The summed E-state index contributed by atoms with van der Waals surface area (Å²) in [5, 5.41) is 8.86. The molecule has 2 atom stereocenters. The Labute approximate surface area is 114 Å². The smallest absolute Gasteiger partial charge is 0.0863 e. The van der Waals surface area contributed by atoms with Gasteiger partial charge in [-0.2, -0.15) is 5.10 Å². The highest BCUT2D eigenvalue weighted by Gasteiger charge is 2.23. The fourth-order valence-corrected chi connectivity index (χ4v) is 3.13. The molecule has 0 saturated carbocycles. The Balaban J connectivity index is 2.11. The number of aryl methyl sites for hydroxylation is 2. The fourth-order valence-electron chi connectivity index (χ4n) is 2.77. The highest BCUT2D eigenvalue weighted by molar-refractivity contribution is 6.31. The Morgan fingerprint density at radius 3 is 2.44 bits per heavy atom. The Bertz CT molecular complexity index is 405. The minimum atomic E-state index is 0.534. The van der Waals surface area contributed by atoms with Gasteiger partial charge in [-0.3, -0.25) is 9.58 Å². The summed E-state index contributed by atoms with van der Waals surface area (Å²) >= 11 is 6.40. The van der Waals surface area contributed by atoms with Crippen LogP contribution in [0.1, 0.15) is 32.2 Å². The number of nitrogens with one attached hydrogen (secondary N) is 1. The first-order valence-electron chi connectivity index (χ1n) is 6.69. The van der Waals surface area contributed by atoms with E-state index in [-0.39, 0.29) is 0 Å². The third-order valence-corrected chi connectivity index (χ3v) is 3.95. The van der Waals surface area contributed by atoms with E-state index < -0.39 is 0 Å². The van der Waals surface area contributed by atoms with Crippen LogP contribution in [0.2, 0.25) is 5.02 Å². The quantitative estimate of drug-likeness (QED) is 0.910. The van der Waals surface area contributed by atoms with Crippen molar-refractivity contribution in [2.75, 3.05) is 13.1 Å². The van der Waals surface area contributed by atoms with Crippen molar-refractivity contribution in [1.29, 1.82) is 0 Å². The van der Waals surface area contributed by atoms with Crippen LogP contribution in [0, 0.1) is 0 Å². The number of aromatic nitrogens is 2. The highest BCUT2D eigenvalue weighted by atomic mass is 35.5. The standard InChI is InChI=1S/C13H23ClN4/c1-5-11-13(14)12(17(4)16-11)8-18-6-9(2)15-10(3)7-18/h9-10,15H,5-8H2,1-4H3. The molecule has 1 aliphatic rings. The largest absolute Gasteiger partial charge is 0.309 e. The van der Waals surface area contributed by atoms with E-state index >= 15 is 0 Å². The van der Waals surface area contributed by atoms with E-state index in [2.05, 4.69) is 36.1 Å². The van der Waals surface area contributed by atoms with Gasteiger partial charge >= 0.3 is 0 Å². The molecule has 1 saturated heterocycles. The topological polar surface area (TPSA) is 33.1 Å². The molecule has 0 amide bonds. The summed E-state index contributed by atoms with van der Waals surface area (Å²) in [4.78, 5) is 2.45. The maximum Gasteiger partial charge on any atom is 0.0863 e. The van der Waals surface area contributed by atoms with Gasteiger partial charge in [0, 0.05) is 38.8 Å². The van der Waals surface area contributed by atoms with Gasteiger partial charge in [0.05, 0.1) is 16.4 Å². The Kier molecular flexibility index (Phi) is 4.30. The van der Waals surface area contributed by atoms with Gasteiger partial charge in [-0.25, -0.2) is 0 Å². The lowest BCUT2D eigenvalue weighted by atomic mass is 10.1. The third-order valence-electron chi connectivity index (χ3n) is 3.51. The molecule has 5 heteroatoms. The monoisotopic (exact) mass is 270 g/mol. The van der Waals surface area contributed by atoms with Crippen LogP contribution in [0.4, 0.5) is 0 Å². The number of piperazine rings is 1. The van der Waals surface area contributed by atoms with E-state index in [0.717, 1.165) is 42.5 Å². The van der Waals surface area contributed by atoms with Crippen molar-refractivity contribution in [2.45, 2.75) is 45.8 Å². The Morgan fingerprint density at radius 1 is 1.33 bits per heavy atom. The van der Waals surface area contributed by atoms with E-state index in [9.17, 15) is 0 Å². The molecule has 0 spiro atoms. The van der Waals surface area contributed by atoms with E-state index in [4.69, 9.17) is 11.6 Å². The molecule has 4 nitrogen and oxygen atoms in total. The lowest BCUT2D eigenvalue weighted by Crippen LogP contribution is -2.53. The van der Waals surface area contributed by atoms with E-state index in [0.29, 0.717) is 12.1 Å². The molecule has 1 aliphatic heterocycles. The van der Waals surface area contributed by atoms with Gasteiger partial charge in [0.2, 0.25) is 0 Å². The molecule has 2 unspecified atom stereocenters. The molecule has 2 heterocycles. The zero-order valence-electron chi connectivity index (χ0n) is 11.7. The first kappa shape index (κ1) is 13.8. The van der Waals surface area contributed by atoms with E-state index in [1.807, 2.05) is 11.7 Å². The van der Waals surface area contributed by atoms with Gasteiger partial charge in [0.25, 0.3) is 0 Å². The zero-order valence-corrected chi connectivity index (χ0v) is 12.5. The molecule has 0 bridgehead atoms. The van der Waals surface area contributed by atoms with Crippen LogP contribution >= 0.6 is 11.6 Å². The maximum absolute atomic E-state index is 6.40. The van der Waals surface area contributed by atoms with Crippen molar-refractivity contribution in [2.24, 2.45) is 7.05 Å². The van der Waals surface area contributed by atoms with Gasteiger partial charge in [0.15, 0.2) is 0 Å². The molecule has 1 fully saturated rings. The van der Waals surface area contributed by atoms with Crippen molar-refractivity contribution in [3.8, 4) is 0 Å². The zero-order chi connectivity index (χ0) is 13.3. The van der Waals surface area contributed by atoms with Crippen molar-refractivity contribution < 1.29 is 0 Å². The van der Waals surface area contributed by atoms with Gasteiger partial charge in [0.1, 0.15) is 0 Å². The normalized spacial score (nSPS) is 25.6. The SMILES string of the molecule is CCc1nn(C)c(CN2CC(C)NC(C)C2)c1Cl. The maximum atomic E-state index is 6.40. The van der Waals surface area contributed by atoms with Crippen LogP contribution in [-0.2, 0) is 20.0 Å². The third kappa shape index (κ3) is 2.87. The number of hydrogen-bond donors (Lipinski definition) is 1. The number of halogens is 1. The summed E-state index contributed by atoms with van der Waals surface area (Å²) in [5.74, 6) is 0. The van der Waals surface area contributed by atoms with E-state index in [1.54, 1.807) is 0 Å². The fraction of sp³-hybridized carbons (Fsp3) is 0.769. The van der Waals surface area contributed by atoms with Crippen LogP contribution < -0.4 is 5.32 Å². The number of rotatable bonds is 3. The second-order valence-corrected chi connectivity index (χ2v) is 5.73. The van der Waals surface area contributed by atoms with Crippen molar-refractivity contribution in [1.82, 2.24) is 20.0 Å². The summed E-state index contributed by atoms with van der Waals surface area (Å²) in [6, 6.07) is 1.07. The minimum Gasteiger partial charge on any atom is -0.309 e. The van der Waals surface area contributed by atoms with Gasteiger partial charge in [-0.1, -0.05) is 18.5 Å². The molecular weight excluding hydrogens is 248 g/mol. The van der Waals surface area contributed by atoms with E-state index in [1.165, 1.54) is 0 Å². The molecule has 1 aromatic heterocycles. The van der Waals surface area contributed by atoms with Crippen LogP contribution in [0.3, 0.4) is 0 Å². The number of nitrogens with zero attached hydrogens (tertiary/aromatic N) is 3. The molecular formula is C13H23ClN4. The van der Waals surface area contributed by atoms with Crippen LogP contribution in [0.5, 0.6) is 0 Å². The second-order valence-electron chi connectivity index (χ2n) is 5.35. The first-order chi connectivity index (χ1) is 8.51. The second kappa shape index (κ2) is 5.59. The minimum absolute atomic E-state index is 0.534. The highest BCUT2D eigenvalue weighted by Crippen LogP contribution is 2.22. The average Bonchev–Trinajstić information content (AvgIpc) is 2.55. The summed E-state index contributed by atoms with van der Waals surface area (Å²) in [7, 11) is 1.98. The molecule has 18 heavy (non-hydrogen) atoms. The van der Waals surface area contributed by atoms with Crippen LogP contribution in [-0.4, -0.2) is 39.9 Å². The predicted octanol–water partition coefficient (Wildman–Crippen LogP) is 1.82. The number of hydrogen-bond acceptors (Lipinski definition) is 3. The van der Waals surface area contributed by atoms with Gasteiger partial charge < -0.3 is 5.32 Å². The molecule has 102 valence electrons. The first-order valence-corrected chi connectivity index (χ1v) is 7.07. The molecule has 0 aromatic carbocycles. The molecule has 0 radical (unpaired) electrons. The molecule has 1 aromatic rings. The van der Waals surface area contributed by atoms with Crippen LogP contribution in [0.25, 0.3) is 0 Å².